The normalized spacial score (nSPS) is 13.3. The molecule has 1 aliphatic rings. The Morgan fingerprint density at radius 1 is 0.850 bits per heavy atom. The van der Waals surface area contributed by atoms with Crippen LogP contribution in [-0.2, 0) is 0 Å². The van der Waals surface area contributed by atoms with E-state index in [4.69, 9.17) is 5.73 Å². The monoisotopic (exact) mass is 266 g/mol. The Labute approximate surface area is 116 Å². The van der Waals surface area contributed by atoms with Crippen LogP contribution in [0.3, 0.4) is 0 Å². The molecule has 0 atom stereocenters. The van der Waals surface area contributed by atoms with E-state index in [1.54, 1.807) is 12.1 Å². The van der Waals surface area contributed by atoms with Gasteiger partial charge in [0.1, 0.15) is 0 Å². The summed E-state index contributed by atoms with van der Waals surface area (Å²) >= 11 is 0. The van der Waals surface area contributed by atoms with Crippen molar-refractivity contribution >= 4 is 17.5 Å². The largest absolute Gasteiger partial charge is 0.398 e. The molecule has 0 saturated carbocycles. The Morgan fingerprint density at radius 3 is 2.15 bits per heavy atom. The molecule has 2 amide bonds. The van der Waals surface area contributed by atoms with Gasteiger partial charge in [0.15, 0.2) is 0 Å². The minimum Gasteiger partial charge on any atom is -0.398 e. The second-order valence-corrected chi connectivity index (χ2v) is 5.00. The van der Waals surface area contributed by atoms with Gasteiger partial charge in [-0.2, -0.15) is 0 Å². The lowest BCUT2D eigenvalue weighted by atomic mass is 9.89. The van der Waals surface area contributed by atoms with E-state index < -0.39 is 0 Å². The van der Waals surface area contributed by atoms with Crippen LogP contribution < -0.4 is 11.1 Å². The van der Waals surface area contributed by atoms with Crippen LogP contribution in [0.2, 0.25) is 0 Å². The van der Waals surface area contributed by atoms with Crippen LogP contribution >= 0.6 is 0 Å². The smallest absolute Gasteiger partial charge is 0.259 e. The first-order valence-electron chi connectivity index (χ1n) is 6.35. The van der Waals surface area contributed by atoms with Crippen LogP contribution in [0, 0.1) is 13.8 Å². The van der Waals surface area contributed by atoms with Gasteiger partial charge >= 0.3 is 0 Å². The first-order valence-corrected chi connectivity index (χ1v) is 6.35. The highest BCUT2D eigenvalue weighted by Crippen LogP contribution is 2.37. The molecule has 1 heterocycles. The molecule has 1 aliphatic heterocycles. The van der Waals surface area contributed by atoms with Crippen molar-refractivity contribution in [1.29, 1.82) is 0 Å². The molecule has 0 fully saturated rings. The van der Waals surface area contributed by atoms with Gasteiger partial charge in [-0.25, -0.2) is 0 Å². The van der Waals surface area contributed by atoms with Crippen LogP contribution in [0.5, 0.6) is 0 Å². The molecule has 0 aliphatic carbocycles. The van der Waals surface area contributed by atoms with Crippen molar-refractivity contribution in [2.24, 2.45) is 0 Å². The van der Waals surface area contributed by atoms with Gasteiger partial charge in [0.2, 0.25) is 0 Å². The summed E-state index contributed by atoms with van der Waals surface area (Å²) < 4.78 is 0. The van der Waals surface area contributed by atoms with Crippen LogP contribution in [0.1, 0.15) is 31.8 Å². The Hall–Kier alpha value is -2.62. The maximum atomic E-state index is 12.1. The van der Waals surface area contributed by atoms with E-state index in [1.807, 2.05) is 32.0 Å². The molecule has 4 heteroatoms. The number of hydrogen-bond donors (Lipinski definition) is 2. The summed E-state index contributed by atoms with van der Waals surface area (Å²) in [6, 6.07) is 9.17. The molecule has 2 aromatic rings. The van der Waals surface area contributed by atoms with Gasteiger partial charge in [0, 0.05) is 11.3 Å². The molecular weight excluding hydrogens is 252 g/mol. The zero-order chi connectivity index (χ0) is 14.4. The topological polar surface area (TPSA) is 72.2 Å². The molecule has 0 aromatic heterocycles. The van der Waals surface area contributed by atoms with Crippen molar-refractivity contribution in [3.63, 3.8) is 0 Å². The molecule has 2 aromatic carbocycles. The van der Waals surface area contributed by atoms with Crippen LogP contribution in [0.25, 0.3) is 11.1 Å². The number of hydrogen-bond acceptors (Lipinski definition) is 3. The lowest BCUT2D eigenvalue weighted by Gasteiger charge is -2.15. The Bertz CT molecular complexity index is 743. The number of rotatable bonds is 1. The number of imide groups is 1. The predicted molar refractivity (Wildman–Crippen MR) is 77.6 cm³/mol. The summed E-state index contributed by atoms with van der Waals surface area (Å²) in [6.07, 6.45) is 0. The average molecular weight is 266 g/mol. The highest BCUT2D eigenvalue weighted by Gasteiger charge is 2.31. The maximum Gasteiger partial charge on any atom is 0.259 e. The summed E-state index contributed by atoms with van der Waals surface area (Å²) in [5.74, 6) is -0.743. The van der Waals surface area contributed by atoms with E-state index in [1.165, 1.54) is 0 Å². The Balaban J connectivity index is 2.42. The summed E-state index contributed by atoms with van der Waals surface area (Å²) in [5, 5.41) is 2.33. The summed E-state index contributed by atoms with van der Waals surface area (Å²) in [5.41, 5.74) is 11.0. The predicted octanol–water partition coefficient (Wildman–Crippen LogP) is 2.44. The van der Waals surface area contributed by atoms with Crippen LogP contribution in [0.15, 0.2) is 30.3 Å². The second-order valence-electron chi connectivity index (χ2n) is 5.00. The molecular formula is C16H14N2O2. The first kappa shape index (κ1) is 12.4. The van der Waals surface area contributed by atoms with E-state index in [0.29, 0.717) is 22.4 Å². The van der Waals surface area contributed by atoms with Crippen molar-refractivity contribution in [3.8, 4) is 11.1 Å². The third-order valence-electron chi connectivity index (χ3n) is 3.67. The second kappa shape index (κ2) is 4.20. The molecule has 0 unspecified atom stereocenters. The van der Waals surface area contributed by atoms with E-state index in [0.717, 1.165) is 16.7 Å². The van der Waals surface area contributed by atoms with Crippen molar-refractivity contribution in [3.05, 3.63) is 52.6 Å². The minimum atomic E-state index is -0.380. The highest BCUT2D eigenvalue weighted by molar-refractivity contribution is 6.25. The Kier molecular flexibility index (Phi) is 2.61. The fraction of sp³-hybridized carbons (Fsp3) is 0.125. The van der Waals surface area contributed by atoms with E-state index >= 15 is 0 Å². The summed E-state index contributed by atoms with van der Waals surface area (Å²) in [4.78, 5) is 23.8. The molecule has 3 rings (SSSR count). The number of nitrogens with two attached hydrogens (primary N) is 1. The van der Waals surface area contributed by atoms with E-state index in [-0.39, 0.29) is 11.8 Å². The van der Waals surface area contributed by atoms with Gasteiger partial charge in [-0.1, -0.05) is 18.2 Å². The molecule has 0 spiro atoms. The number of anilines is 1. The molecule has 3 N–H and O–H groups in total. The van der Waals surface area contributed by atoms with Gasteiger partial charge in [-0.15, -0.1) is 0 Å². The number of carbonyl (C=O) groups is 2. The van der Waals surface area contributed by atoms with Gasteiger partial charge in [0.25, 0.3) is 11.8 Å². The number of amides is 2. The van der Waals surface area contributed by atoms with E-state index in [2.05, 4.69) is 5.32 Å². The van der Waals surface area contributed by atoms with Crippen molar-refractivity contribution in [2.75, 3.05) is 5.73 Å². The third kappa shape index (κ3) is 1.61. The number of benzene rings is 2. The SMILES string of the molecule is Cc1cccc(C)c1-c1c(N)ccc2c1C(=O)NC2=O. The number of fused-ring (bicyclic) bond motifs is 1. The molecule has 100 valence electrons. The zero-order valence-electron chi connectivity index (χ0n) is 11.3. The zero-order valence-corrected chi connectivity index (χ0v) is 11.3. The summed E-state index contributed by atoms with van der Waals surface area (Å²) in [7, 11) is 0. The average Bonchev–Trinajstić information content (AvgIpc) is 2.67. The number of nitrogens with one attached hydrogen (secondary N) is 1. The first-order chi connectivity index (χ1) is 9.50. The molecule has 0 bridgehead atoms. The quantitative estimate of drug-likeness (QED) is 0.615. The molecule has 4 nitrogen and oxygen atoms in total. The van der Waals surface area contributed by atoms with Gasteiger partial charge in [-0.05, 0) is 42.7 Å². The van der Waals surface area contributed by atoms with E-state index in [9.17, 15) is 9.59 Å². The van der Waals surface area contributed by atoms with Crippen molar-refractivity contribution < 1.29 is 9.59 Å². The minimum absolute atomic E-state index is 0.363. The number of carbonyl (C=O) groups excluding carboxylic acids is 2. The van der Waals surface area contributed by atoms with Crippen LogP contribution in [-0.4, -0.2) is 11.8 Å². The highest BCUT2D eigenvalue weighted by atomic mass is 16.2. The third-order valence-corrected chi connectivity index (χ3v) is 3.67. The van der Waals surface area contributed by atoms with Gasteiger partial charge in [0.05, 0.1) is 11.1 Å². The number of nitrogen functional groups attached to an aromatic ring is 1. The fourth-order valence-corrected chi connectivity index (χ4v) is 2.75. The van der Waals surface area contributed by atoms with Crippen molar-refractivity contribution in [1.82, 2.24) is 5.32 Å². The molecule has 20 heavy (non-hydrogen) atoms. The lowest BCUT2D eigenvalue weighted by Crippen LogP contribution is -2.20. The van der Waals surface area contributed by atoms with Gasteiger partial charge < -0.3 is 5.73 Å². The van der Waals surface area contributed by atoms with Crippen molar-refractivity contribution in [2.45, 2.75) is 13.8 Å². The maximum absolute atomic E-state index is 12.1. The summed E-state index contributed by atoms with van der Waals surface area (Å²) in [6.45, 7) is 3.94. The van der Waals surface area contributed by atoms with Crippen LogP contribution in [0.4, 0.5) is 5.69 Å². The standard InChI is InChI=1S/C16H14N2O2/c1-8-4-3-5-9(2)12(8)14-11(17)7-6-10-13(14)16(20)18-15(10)19/h3-7H,17H2,1-2H3,(H,18,19,20). The fourth-order valence-electron chi connectivity index (χ4n) is 2.75. The van der Waals surface area contributed by atoms with Gasteiger partial charge in [-0.3, -0.25) is 14.9 Å². The Morgan fingerprint density at radius 2 is 1.50 bits per heavy atom. The number of aryl methyl sites for hydroxylation is 2. The molecule has 0 radical (unpaired) electrons. The lowest BCUT2D eigenvalue weighted by molar-refractivity contribution is 0.0880. The molecule has 0 saturated heterocycles.